The fourth-order valence-corrected chi connectivity index (χ4v) is 3.82. The highest BCUT2D eigenvalue weighted by Gasteiger charge is 2.31. The summed E-state index contributed by atoms with van der Waals surface area (Å²) in [5.41, 5.74) is 0. The van der Waals surface area contributed by atoms with E-state index in [9.17, 15) is 13.2 Å². The third-order valence-corrected chi connectivity index (χ3v) is 6.45. The van der Waals surface area contributed by atoms with Crippen molar-refractivity contribution < 1.29 is 17.9 Å². The lowest BCUT2D eigenvalue weighted by Crippen LogP contribution is -2.49. The fourth-order valence-electron chi connectivity index (χ4n) is 2.78. The number of amides is 1. The van der Waals surface area contributed by atoms with Gasteiger partial charge in [0.1, 0.15) is 5.75 Å². The van der Waals surface area contributed by atoms with Gasteiger partial charge in [0.15, 0.2) is 6.10 Å². The SMILES string of the molecule is CC(Oc1ccc(Cl)c(Cl)c1)C(=O)N1CCC(N(C)S(C)(=O)=O)CC1. The third-order valence-electron chi connectivity index (χ3n) is 4.37. The highest BCUT2D eigenvalue weighted by atomic mass is 35.5. The van der Waals surface area contributed by atoms with Crippen LogP contribution in [0.2, 0.25) is 10.0 Å². The monoisotopic (exact) mass is 408 g/mol. The van der Waals surface area contributed by atoms with Crippen LogP contribution in [-0.2, 0) is 14.8 Å². The molecule has 1 heterocycles. The van der Waals surface area contributed by atoms with Crippen molar-refractivity contribution in [2.24, 2.45) is 0 Å². The first-order valence-electron chi connectivity index (χ1n) is 7.93. The molecule has 0 aliphatic carbocycles. The quantitative estimate of drug-likeness (QED) is 0.750. The standard InChI is InChI=1S/C16H22Cl2N2O4S/c1-11(24-13-4-5-14(17)15(18)10-13)16(21)20-8-6-12(7-9-20)19(2)25(3,22)23/h4-5,10-12H,6-9H2,1-3H3. The summed E-state index contributed by atoms with van der Waals surface area (Å²) in [4.78, 5) is 14.2. The van der Waals surface area contributed by atoms with Gasteiger partial charge in [0.2, 0.25) is 10.0 Å². The molecule has 0 bridgehead atoms. The van der Waals surface area contributed by atoms with Crippen LogP contribution in [-0.4, -0.2) is 62.1 Å². The van der Waals surface area contributed by atoms with Crippen LogP contribution in [0.25, 0.3) is 0 Å². The average Bonchev–Trinajstić information content (AvgIpc) is 2.56. The molecular weight excluding hydrogens is 387 g/mol. The van der Waals surface area contributed by atoms with E-state index in [0.717, 1.165) is 0 Å². The predicted octanol–water partition coefficient (Wildman–Crippen LogP) is 2.64. The first-order chi connectivity index (χ1) is 11.6. The molecule has 0 N–H and O–H groups in total. The van der Waals surface area contributed by atoms with Crippen molar-refractivity contribution in [3.63, 3.8) is 0 Å². The molecular formula is C16H22Cl2N2O4S. The zero-order valence-corrected chi connectivity index (χ0v) is 16.7. The Morgan fingerprint density at radius 1 is 1.28 bits per heavy atom. The summed E-state index contributed by atoms with van der Waals surface area (Å²) in [7, 11) is -1.65. The number of halogens is 2. The molecule has 25 heavy (non-hydrogen) atoms. The molecule has 1 amide bonds. The van der Waals surface area contributed by atoms with E-state index < -0.39 is 16.1 Å². The van der Waals surface area contributed by atoms with Crippen LogP contribution in [0.4, 0.5) is 0 Å². The summed E-state index contributed by atoms with van der Waals surface area (Å²) in [6.07, 6.45) is 1.74. The largest absolute Gasteiger partial charge is 0.481 e. The van der Waals surface area contributed by atoms with Gasteiger partial charge in [-0.05, 0) is 31.9 Å². The maximum atomic E-state index is 12.5. The molecule has 0 aromatic heterocycles. The number of carbonyl (C=O) groups is 1. The summed E-state index contributed by atoms with van der Waals surface area (Å²) in [5.74, 6) is 0.341. The molecule has 1 saturated heterocycles. The van der Waals surface area contributed by atoms with Gasteiger partial charge in [-0.25, -0.2) is 12.7 Å². The van der Waals surface area contributed by atoms with Gasteiger partial charge in [-0.15, -0.1) is 0 Å². The van der Waals surface area contributed by atoms with Crippen molar-refractivity contribution in [1.82, 2.24) is 9.21 Å². The normalized spacial score (nSPS) is 17.6. The Labute approximate surface area is 158 Å². The van der Waals surface area contributed by atoms with Gasteiger partial charge >= 0.3 is 0 Å². The second-order valence-electron chi connectivity index (χ2n) is 6.17. The summed E-state index contributed by atoms with van der Waals surface area (Å²) >= 11 is 11.8. The Kier molecular flexibility index (Phi) is 6.59. The molecule has 1 aliphatic heterocycles. The summed E-state index contributed by atoms with van der Waals surface area (Å²) in [5, 5.41) is 0.786. The Morgan fingerprint density at radius 3 is 2.40 bits per heavy atom. The van der Waals surface area contributed by atoms with Crippen molar-refractivity contribution in [1.29, 1.82) is 0 Å². The molecule has 1 aromatic carbocycles. The molecule has 0 radical (unpaired) electrons. The van der Waals surface area contributed by atoms with E-state index >= 15 is 0 Å². The number of rotatable bonds is 5. The highest BCUT2D eigenvalue weighted by Crippen LogP contribution is 2.27. The highest BCUT2D eigenvalue weighted by molar-refractivity contribution is 7.88. The van der Waals surface area contributed by atoms with Crippen molar-refractivity contribution in [2.75, 3.05) is 26.4 Å². The van der Waals surface area contributed by atoms with Gasteiger partial charge in [-0.2, -0.15) is 0 Å². The first-order valence-corrected chi connectivity index (χ1v) is 10.5. The molecule has 1 fully saturated rings. The van der Waals surface area contributed by atoms with Crippen LogP contribution in [0, 0.1) is 0 Å². The molecule has 0 saturated carbocycles. The van der Waals surface area contributed by atoms with E-state index in [1.807, 2.05) is 0 Å². The summed E-state index contributed by atoms with van der Waals surface area (Å²) < 4.78 is 30.3. The van der Waals surface area contributed by atoms with Crippen molar-refractivity contribution >= 4 is 39.1 Å². The minimum Gasteiger partial charge on any atom is -0.481 e. The lowest BCUT2D eigenvalue weighted by atomic mass is 10.0. The average molecular weight is 409 g/mol. The van der Waals surface area contributed by atoms with Crippen LogP contribution in [0.1, 0.15) is 19.8 Å². The van der Waals surface area contributed by atoms with E-state index in [2.05, 4.69) is 0 Å². The maximum absolute atomic E-state index is 12.5. The van der Waals surface area contributed by atoms with Crippen LogP contribution < -0.4 is 4.74 Å². The van der Waals surface area contributed by atoms with Crippen LogP contribution in [0.3, 0.4) is 0 Å². The number of hydrogen-bond acceptors (Lipinski definition) is 4. The predicted molar refractivity (Wildman–Crippen MR) is 98.8 cm³/mol. The van der Waals surface area contributed by atoms with Crippen molar-refractivity contribution in [3.05, 3.63) is 28.2 Å². The zero-order valence-electron chi connectivity index (χ0n) is 14.4. The van der Waals surface area contributed by atoms with Crippen LogP contribution >= 0.6 is 23.2 Å². The van der Waals surface area contributed by atoms with Gasteiger partial charge in [-0.1, -0.05) is 23.2 Å². The number of nitrogens with zero attached hydrogens (tertiary/aromatic N) is 2. The number of hydrogen-bond donors (Lipinski definition) is 0. The van der Waals surface area contributed by atoms with E-state index in [0.29, 0.717) is 41.7 Å². The van der Waals surface area contributed by atoms with Gasteiger partial charge in [0, 0.05) is 32.2 Å². The van der Waals surface area contributed by atoms with Crippen LogP contribution in [0.15, 0.2) is 18.2 Å². The Morgan fingerprint density at radius 2 is 1.88 bits per heavy atom. The van der Waals surface area contributed by atoms with Crippen molar-refractivity contribution in [2.45, 2.75) is 31.9 Å². The Bertz CT molecular complexity index is 734. The second kappa shape index (κ2) is 8.12. The summed E-state index contributed by atoms with van der Waals surface area (Å²) in [6, 6.07) is 4.76. The Balaban J connectivity index is 1.92. The molecule has 2 rings (SSSR count). The van der Waals surface area contributed by atoms with E-state index in [1.54, 1.807) is 37.1 Å². The molecule has 6 nitrogen and oxygen atoms in total. The smallest absolute Gasteiger partial charge is 0.263 e. The third kappa shape index (κ3) is 5.23. The number of likely N-dealkylation sites (tertiary alicyclic amines) is 1. The van der Waals surface area contributed by atoms with Gasteiger partial charge in [-0.3, -0.25) is 4.79 Å². The van der Waals surface area contributed by atoms with E-state index in [1.165, 1.54) is 10.6 Å². The number of sulfonamides is 1. The number of piperidine rings is 1. The minimum atomic E-state index is -3.22. The fraction of sp³-hybridized carbons (Fsp3) is 0.562. The van der Waals surface area contributed by atoms with Gasteiger partial charge < -0.3 is 9.64 Å². The lowest BCUT2D eigenvalue weighted by molar-refractivity contribution is -0.139. The van der Waals surface area contributed by atoms with Gasteiger partial charge in [0.05, 0.1) is 16.3 Å². The molecule has 1 unspecified atom stereocenters. The Hall–Kier alpha value is -1.02. The molecule has 1 aliphatic rings. The van der Waals surface area contributed by atoms with E-state index in [-0.39, 0.29) is 11.9 Å². The topological polar surface area (TPSA) is 66.9 Å². The van der Waals surface area contributed by atoms with Crippen LogP contribution in [0.5, 0.6) is 5.75 Å². The molecule has 0 spiro atoms. The zero-order chi connectivity index (χ0) is 18.8. The van der Waals surface area contributed by atoms with Crippen molar-refractivity contribution in [3.8, 4) is 5.75 Å². The molecule has 1 atom stereocenters. The number of benzene rings is 1. The minimum absolute atomic E-state index is 0.0784. The lowest BCUT2D eigenvalue weighted by Gasteiger charge is -2.36. The first kappa shape index (κ1) is 20.3. The number of carbonyl (C=O) groups excluding carboxylic acids is 1. The summed E-state index contributed by atoms with van der Waals surface area (Å²) in [6.45, 7) is 2.68. The molecule has 1 aromatic rings. The molecule has 9 heteroatoms. The second-order valence-corrected chi connectivity index (χ2v) is 9.03. The number of ether oxygens (including phenoxy) is 1. The van der Waals surface area contributed by atoms with Gasteiger partial charge in [0.25, 0.3) is 5.91 Å². The maximum Gasteiger partial charge on any atom is 0.263 e. The molecule has 140 valence electrons. The van der Waals surface area contributed by atoms with E-state index in [4.69, 9.17) is 27.9 Å².